The van der Waals surface area contributed by atoms with Gasteiger partial charge in [-0.25, -0.2) is 4.79 Å². The van der Waals surface area contributed by atoms with Crippen LogP contribution >= 0.6 is 0 Å². The molecule has 0 aromatic heterocycles. The zero-order valence-corrected chi connectivity index (χ0v) is 10.8. The second-order valence-corrected chi connectivity index (χ2v) is 3.76. The Kier molecular flexibility index (Phi) is 9.99. The molecule has 1 unspecified atom stereocenters. The molecule has 0 radical (unpaired) electrons. The first-order valence-corrected chi connectivity index (χ1v) is 6.12. The highest BCUT2D eigenvalue weighted by atomic mass is 16.5. The molecule has 106 valence electrons. The van der Waals surface area contributed by atoms with Gasteiger partial charge in [-0.3, -0.25) is 4.79 Å². The Morgan fingerprint density at radius 3 is 2.39 bits per heavy atom. The highest BCUT2D eigenvalue weighted by Gasteiger charge is 2.07. The van der Waals surface area contributed by atoms with Gasteiger partial charge in [-0.2, -0.15) is 0 Å². The number of carbonyl (C=O) groups excluding carboxylic acids is 2. The summed E-state index contributed by atoms with van der Waals surface area (Å²) in [6.45, 7) is 3.14. The summed E-state index contributed by atoms with van der Waals surface area (Å²) in [5.74, 6) is -0.316. The predicted molar refractivity (Wildman–Crippen MR) is 66.9 cm³/mol. The maximum atomic E-state index is 11.0. The Morgan fingerprint density at radius 2 is 1.83 bits per heavy atom. The molecule has 5 N–H and O–H groups in total. The van der Waals surface area contributed by atoms with Crippen molar-refractivity contribution in [3.8, 4) is 0 Å². The van der Waals surface area contributed by atoms with Crippen molar-refractivity contribution < 1.29 is 19.1 Å². The molecule has 0 aliphatic carbocycles. The summed E-state index contributed by atoms with van der Waals surface area (Å²) in [6, 6.07) is -0.162. The van der Waals surface area contributed by atoms with E-state index in [1.54, 1.807) is 0 Å². The molecule has 0 aliphatic rings. The van der Waals surface area contributed by atoms with Gasteiger partial charge >= 0.3 is 12.1 Å². The fraction of sp³-hybridized carbons (Fsp3) is 0.818. The summed E-state index contributed by atoms with van der Waals surface area (Å²) in [4.78, 5) is 21.9. The SMILES string of the molecule is CCNC(=O)OCCC(N)CCOC(=O)CCN. The smallest absolute Gasteiger partial charge is 0.407 e. The van der Waals surface area contributed by atoms with E-state index in [1.165, 1.54) is 0 Å². The number of amides is 1. The average Bonchev–Trinajstić information content (AvgIpc) is 2.29. The van der Waals surface area contributed by atoms with Crippen molar-refractivity contribution in [2.75, 3.05) is 26.3 Å². The maximum Gasteiger partial charge on any atom is 0.407 e. The quantitative estimate of drug-likeness (QED) is 0.492. The van der Waals surface area contributed by atoms with Gasteiger partial charge in [0.15, 0.2) is 0 Å². The molecule has 0 fully saturated rings. The molecule has 0 saturated heterocycles. The summed E-state index contributed by atoms with van der Waals surface area (Å²) >= 11 is 0. The van der Waals surface area contributed by atoms with Crippen LogP contribution in [-0.2, 0) is 14.3 Å². The number of carbonyl (C=O) groups is 2. The zero-order valence-electron chi connectivity index (χ0n) is 10.8. The summed E-state index contributed by atoms with van der Waals surface area (Å²) in [5, 5.41) is 2.51. The fourth-order valence-electron chi connectivity index (χ4n) is 1.16. The number of nitrogens with one attached hydrogen (secondary N) is 1. The number of hydrogen-bond acceptors (Lipinski definition) is 6. The van der Waals surface area contributed by atoms with Crippen LogP contribution in [0, 0.1) is 0 Å². The largest absolute Gasteiger partial charge is 0.466 e. The average molecular weight is 261 g/mol. The van der Waals surface area contributed by atoms with Gasteiger partial charge < -0.3 is 26.3 Å². The van der Waals surface area contributed by atoms with Crippen molar-refractivity contribution in [2.24, 2.45) is 11.5 Å². The van der Waals surface area contributed by atoms with E-state index < -0.39 is 6.09 Å². The van der Waals surface area contributed by atoms with E-state index in [1.807, 2.05) is 6.92 Å². The lowest BCUT2D eigenvalue weighted by atomic mass is 10.2. The monoisotopic (exact) mass is 261 g/mol. The third-order valence-corrected chi connectivity index (χ3v) is 2.14. The molecule has 1 atom stereocenters. The van der Waals surface area contributed by atoms with Crippen molar-refractivity contribution in [3.05, 3.63) is 0 Å². The van der Waals surface area contributed by atoms with Gasteiger partial charge in [0.05, 0.1) is 19.6 Å². The van der Waals surface area contributed by atoms with Crippen LogP contribution in [-0.4, -0.2) is 44.4 Å². The number of hydrogen-bond donors (Lipinski definition) is 3. The molecule has 0 saturated carbocycles. The molecule has 0 rings (SSSR count). The van der Waals surface area contributed by atoms with E-state index in [2.05, 4.69) is 5.32 Å². The molecule has 7 nitrogen and oxygen atoms in total. The van der Waals surface area contributed by atoms with Gasteiger partial charge in [0, 0.05) is 19.1 Å². The predicted octanol–water partition coefficient (Wildman–Crippen LogP) is -0.268. The van der Waals surface area contributed by atoms with E-state index in [9.17, 15) is 9.59 Å². The van der Waals surface area contributed by atoms with E-state index >= 15 is 0 Å². The number of rotatable bonds is 9. The van der Waals surface area contributed by atoms with Crippen LogP contribution in [0.2, 0.25) is 0 Å². The standard InChI is InChI=1S/C11H23N3O4/c1-2-14-11(16)18-8-5-9(13)4-7-17-10(15)3-6-12/h9H,2-8,12-13H2,1H3,(H,14,16). The summed E-state index contributed by atoms with van der Waals surface area (Å²) in [5.41, 5.74) is 11.0. The first-order valence-electron chi connectivity index (χ1n) is 6.12. The molecule has 7 heteroatoms. The van der Waals surface area contributed by atoms with Crippen molar-refractivity contribution in [2.45, 2.75) is 32.2 Å². The fourth-order valence-corrected chi connectivity index (χ4v) is 1.16. The van der Waals surface area contributed by atoms with Crippen LogP contribution in [0.5, 0.6) is 0 Å². The van der Waals surface area contributed by atoms with Crippen molar-refractivity contribution in [1.82, 2.24) is 5.32 Å². The van der Waals surface area contributed by atoms with Crippen LogP contribution < -0.4 is 16.8 Å². The van der Waals surface area contributed by atoms with Crippen molar-refractivity contribution in [3.63, 3.8) is 0 Å². The second kappa shape index (κ2) is 10.8. The molecule has 0 spiro atoms. The topological polar surface area (TPSA) is 117 Å². The van der Waals surface area contributed by atoms with Crippen molar-refractivity contribution in [1.29, 1.82) is 0 Å². The van der Waals surface area contributed by atoms with Gasteiger partial charge in [-0.1, -0.05) is 0 Å². The number of nitrogens with two attached hydrogens (primary N) is 2. The molecule has 1 amide bonds. The molecule has 0 bridgehead atoms. The van der Waals surface area contributed by atoms with Crippen molar-refractivity contribution >= 4 is 12.1 Å². The lowest BCUT2D eigenvalue weighted by molar-refractivity contribution is -0.143. The number of alkyl carbamates (subject to hydrolysis) is 1. The second-order valence-electron chi connectivity index (χ2n) is 3.76. The van der Waals surface area contributed by atoms with Gasteiger partial charge in [0.2, 0.25) is 0 Å². The van der Waals surface area contributed by atoms with Gasteiger partial charge in [0.1, 0.15) is 0 Å². The van der Waals surface area contributed by atoms with Gasteiger partial charge in [0.25, 0.3) is 0 Å². The Labute approximate surface area is 107 Å². The zero-order chi connectivity index (χ0) is 13.8. The molecular formula is C11H23N3O4. The first-order chi connectivity index (χ1) is 8.60. The highest BCUT2D eigenvalue weighted by molar-refractivity contribution is 5.69. The van der Waals surface area contributed by atoms with Crippen LogP contribution in [0.25, 0.3) is 0 Å². The van der Waals surface area contributed by atoms with E-state index in [0.29, 0.717) is 19.4 Å². The van der Waals surface area contributed by atoms with Crippen LogP contribution in [0.15, 0.2) is 0 Å². The Bertz CT molecular complexity index is 224. The number of esters is 1. The summed E-state index contributed by atoms with van der Waals surface area (Å²) < 4.78 is 9.76. The normalized spacial score (nSPS) is 11.7. The lowest BCUT2D eigenvalue weighted by Gasteiger charge is -2.12. The summed E-state index contributed by atoms with van der Waals surface area (Å²) in [6.07, 6.45) is 0.843. The van der Waals surface area contributed by atoms with Gasteiger partial charge in [-0.15, -0.1) is 0 Å². The molecule has 0 heterocycles. The number of ether oxygens (including phenoxy) is 2. The minimum atomic E-state index is -0.445. The van der Waals surface area contributed by atoms with E-state index in [4.69, 9.17) is 20.9 Å². The molecule has 0 aliphatic heterocycles. The van der Waals surface area contributed by atoms with Crippen LogP contribution in [0.4, 0.5) is 4.79 Å². The van der Waals surface area contributed by atoms with Crippen LogP contribution in [0.3, 0.4) is 0 Å². The van der Waals surface area contributed by atoms with Gasteiger partial charge in [-0.05, 0) is 19.8 Å². The minimum Gasteiger partial charge on any atom is -0.466 e. The Balaban J connectivity index is 3.45. The Morgan fingerprint density at radius 1 is 1.22 bits per heavy atom. The maximum absolute atomic E-state index is 11.0. The molecular weight excluding hydrogens is 238 g/mol. The molecule has 0 aromatic rings. The van der Waals surface area contributed by atoms with E-state index in [-0.39, 0.29) is 38.2 Å². The van der Waals surface area contributed by atoms with Crippen LogP contribution in [0.1, 0.15) is 26.2 Å². The summed E-state index contributed by atoms with van der Waals surface area (Å²) in [7, 11) is 0. The highest BCUT2D eigenvalue weighted by Crippen LogP contribution is 1.97. The lowest BCUT2D eigenvalue weighted by Crippen LogP contribution is -2.28. The molecule has 0 aromatic carbocycles. The third-order valence-electron chi connectivity index (χ3n) is 2.14. The minimum absolute atomic E-state index is 0.162. The third kappa shape index (κ3) is 9.86. The van der Waals surface area contributed by atoms with E-state index in [0.717, 1.165) is 0 Å². The molecule has 18 heavy (non-hydrogen) atoms. The Hall–Kier alpha value is -1.34. The first kappa shape index (κ1) is 16.7.